The van der Waals surface area contributed by atoms with Crippen LogP contribution in [0.15, 0.2) is 69.9 Å². The van der Waals surface area contributed by atoms with Gasteiger partial charge in [-0.2, -0.15) is 0 Å². The van der Waals surface area contributed by atoms with Crippen LogP contribution in [0, 0.1) is 27.7 Å². The first-order valence-corrected chi connectivity index (χ1v) is 12.7. The predicted molar refractivity (Wildman–Crippen MR) is 151 cm³/mol. The van der Waals surface area contributed by atoms with E-state index in [9.17, 15) is 19.2 Å². The van der Waals surface area contributed by atoms with Crippen LogP contribution in [-0.2, 0) is 30.5 Å². The molecule has 1 aromatic heterocycles. The molecular weight excluding hydrogens is 510 g/mol. The zero-order valence-corrected chi connectivity index (χ0v) is 23.3. The van der Waals surface area contributed by atoms with Crippen molar-refractivity contribution in [2.24, 2.45) is 0 Å². The number of anilines is 2. The molecule has 206 valence electrons. The molecule has 1 aliphatic heterocycles. The normalized spacial score (nSPS) is 14.1. The van der Waals surface area contributed by atoms with E-state index >= 15 is 0 Å². The Morgan fingerprint density at radius 1 is 0.875 bits per heavy atom. The fraction of sp³-hybridized carbons (Fsp3) is 0.226. The lowest BCUT2D eigenvalue weighted by molar-refractivity contribution is -0.137. The first-order valence-electron chi connectivity index (χ1n) is 12.7. The zero-order chi connectivity index (χ0) is 29.1. The van der Waals surface area contributed by atoms with Crippen LogP contribution in [0.4, 0.5) is 11.4 Å². The van der Waals surface area contributed by atoms with Crippen molar-refractivity contribution in [2.45, 2.75) is 41.2 Å². The third-order valence-electron chi connectivity index (χ3n) is 6.89. The number of esters is 1. The van der Waals surface area contributed by atoms with Gasteiger partial charge in [-0.1, -0.05) is 12.1 Å². The van der Waals surface area contributed by atoms with Crippen LogP contribution in [0.5, 0.6) is 0 Å². The summed E-state index contributed by atoms with van der Waals surface area (Å²) in [4.78, 5) is 52.1. The predicted octanol–water partition coefficient (Wildman–Crippen LogP) is 4.65. The molecule has 3 aromatic rings. The minimum absolute atomic E-state index is 0.0398. The molecule has 0 saturated carbocycles. The van der Waals surface area contributed by atoms with Gasteiger partial charge in [-0.15, -0.1) is 0 Å². The van der Waals surface area contributed by atoms with Gasteiger partial charge in [0.2, 0.25) is 5.78 Å². The van der Waals surface area contributed by atoms with E-state index in [2.05, 4.69) is 10.6 Å². The number of allylic oxidation sites excluding steroid dienone is 2. The Morgan fingerprint density at radius 3 is 2.20 bits per heavy atom. The Bertz CT molecular complexity index is 1590. The summed E-state index contributed by atoms with van der Waals surface area (Å²) in [6.45, 7) is 9.48. The summed E-state index contributed by atoms with van der Waals surface area (Å²) in [5, 5.41) is 5.11. The molecule has 0 bridgehead atoms. The molecule has 0 atom stereocenters. The second-order valence-electron chi connectivity index (χ2n) is 9.65. The highest BCUT2D eigenvalue weighted by molar-refractivity contribution is 6.39. The minimum Gasteiger partial charge on any atom is -0.465 e. The van der Waals surface area contributed by atoms with Crippen LogP contribution < -0.4 is 15.5 Å². The van der Waals surface area contributed by atoms with E-state index in [0.717, 1.165) is 22.3 Å². The average molecular weight is 542 g/mol. The maximum Gasteiger partial charge on any atom is 0.343 e. The molecule has 40 heavy (non-hydrogen) atoms. The number of hydrogen-bond acceptors (Lipinski definition) is 7. The van der Waals surface area contributed by atoms with Gasteiger partial charge in [-0.3, -0.25) is 14.4 Å². The van der Waals surface area contributed by atoms with Gasteiger partial charge in [-0.25, -0.2) is 4.79 Å². The Labute approximate surface area is 232 Å². The van der Waals surface area contributed by atoms with Crippen molar-refractivity contribution < 1.29 is 28.3 Å². The Morgan fingerprint density at radius 2 is 1.55 bits per heavy atom. The fourth-order valence-corrected chi connectivity index (χ4v) is 4.31. The highest BCUT2D eigenvalue weighted by Crippen LogP contribution is 2.36. The Hall–Kier alpha value is -4.92. The monoisotopic (exact) mass is 541 g/mol. The average Bonchev–Trinajstić information content (AvgIpc) is 3.47. The third kappa shape index (κ3) is 5.73. The SMILES string of the molecule is COC(=O)C1=C(C)N(c2ccc(C)c(C)c2)/C(=C/c2ccc(CNC(=O)C(=O)Nc3ccc(C)c(C)c3)o2)C1=O. The molecule has 0 radical (unpaired) electrons. The number of ether oxygens (including phenoxy) is 1. The van der Waals surface area contributed by atoms with Crippen LogP contribution >= 0.6 is 0 Å². The highest BCUT2D eigenvalue weighted by Gasteiger charge is 2.38. The van der Waals surface area contributed by atoms with Crippen molar-refractivity contribution in [3.63, 3.8) is 0 Å². The molecule has 0 fully saturated rings. The summed E-state index contributed by atoms with van der Waals surface area (Å²) in [6.07, 6.45) is 1.54. The first kappa shape index (κ1) is 28.1. The number of rotatable bonds is 6. The van der Waals surface area contributed by atoms with Crippen LogP contribution in [0.3, 0.4) is 0 Å². The van der Waals surface area contributed by atoms with Gasteiger partial charge in [0.05, 0.1) is 19.4 Å². The summed E-state index contributed by atoms with van der Waals surface area (Å²) in [5.41, 5.74) is 6.05. The molecular formula is C31H31N3O6. The third-order valence-corrected chi connectivity index (χ3v) is 6.89. The number of furan rings is 1. The molecule has 2 aromatic carbocycles. The molecule has 2 N–H and O–H groups in total. The molecule has 1 aliphatic rings. The zero-order valence-electron chi connectivity index (χ0n) is 23.3. The number of nitrogens with zero attached hydrogens (tertiary/aromatic N) is 1. The quantitative estimate of drug-likeness (QED) is 0.202. The second-order valence-corrected chi connectivity index (χ2v) is 9.65. The molecule has 0 spiro atoms. The molecule has 0 aliphatic carbocycles. The molecule has 2 amide bonds. The number of benzene rings is 2. The minimum atomic E-state index is -0.816. The number of carbonyl (C=O) groups is 4. The first-order chi connectivity index (χ1) is 19.0. The molecule has 2 heterocycles. The molecule has 0 unspecified atom stereocenters. The molecule has 0 saturated heterocycles. The number of carbonyl (C=O) groups excluding carboxylic acids is 4. The molecule has 4 rings (SSSR count). The number of hydrogen-bond donors (Lipinski definition) is 2. The summed E-state index contributed by atoms with van der Waals surface area (Å²) in [6, 6.07) is 14.4. The lowest BCUT2D eigenvalue weighted by Gasteiger charge is -2.22. The molecule has 9 heteroatoms. The van der Waals surface area contributed by atoms with E-state index in [4.69, 9.17) is 9.15 Å². The van der Waals surface area contributed by atoms with Gasteiger partial charge < -0.3 is 24.7 Å². The van der Waals surface area contributed by atoms with Crippen LogP contribution in [0.25, 0.3) is 6.08 Å². The second kappa shape index (κ2) is 11.4. The number of methoxy groups -OCH3 is 1. The van der Waals surface area contributed by atoms with Gasteiger partial charge in [-0.05, 0) is 93.3 Å². The van der Waals surface area contributed by atoms with Crippen molar-refractivity contribution in [3.05, 3.63) is 99.3 Å². The topological polar surface area (TPSA) is 118 Å². The van der Waals surface area contributed by atoms with Crippen LogP contribution in [0.1, 0.15) is 40.7 Å². The van der Waals surface area contributed by atoms with Gasteiger partial charge in [0.25, 0.3) is 0 Å². The van der Waals surface area contributed by atoms with E-state index in [-0.39, 0.29) is 17.8 Å². The van der Waals surface area contributed by atoms with Crippen molar-refractivity contribution in [3.8, 4) is 0 Å². The van der Waals surface area contributed by atoms with Gasteiger partial charge in [0, 0.05) is 23.1 Å². The van der Waals surface area contributed by atoms with E-state index in [1.165, 1.54) is 13.2 Å². The smallest absolute Gasteiger partial charge is 0.343 e. The Kier molecular flexibility index (Phi) is 8.04. The number of amides is 2. The summed E-state index contributed by atoms with van der Waals surface area (Å²) in [5.74, 6) is -2.11. The lowest BCUT2D eigenvalue weighted by atomic mass is 10.1. The van der Waals surface area contributed by atoms with Crippen molar-refractivity contribution in [1.82, 2.24) is 5.32 Å². The summed E-state index contributed by atoms with van der Waals surface area (Å²) < 4.78 is 10.7. The van der Waals surface area contributed by atoms with Crippen molar-refractivity contribution in [2.75, 3.05) is 17.3 Å². The molecule has 9 nitrogen and oxygen atoms in total. The summed E-state index contributed by atoms with van der Waals surface area (Å²) >= 11 is 0. The maximum atomic E-state index is 13.3. The van der Waals surface area contributed by atoms with E-state index in [1.54, 1.807) is 36.1 Å². The standard InChI is InChI=1S/C31H31N3O6/c1-17-7-9-22(13-19(17)3)33-30(37)29(36)32-16-25-12-11-24(40-25)15-26-28(35)27(31(38)39-6)21(5)34(26)23-10-8-18(2)20(4)14-23/h7-15H,16H2,1-6H3,(H,32,36)(H,33,37)/b26-15+. The van der Waals surface area contributed by atoms with Crippen molar-refractivity contribution >= 4 is 41.0 Å². The lowest BCUT2D eigenvalue weighted by Crippen LogP contribution is -2.34. The van der Waals surface area contributed by atoms with Gasteiger partial charge in [0.15, 0.2) is 0 Å². The fourth-order valence-electron chi connectivity index (χ4n) is 4.31. The largest absolute Gasteiger partial charge is 0.465 e. The number of nitrogens with one attached hydrogen (secondary N) is 2. The van der Waals surface area contributed by atoms with Crippen LogP contribution in [-0.4, -0.2) is 30.7 Å². The highest BCUT2D eigenvalue weighted by atomic mass is 16.5. The van der Waals surface area contributed by atoms with E-state index < -0.39 is 23.6 Å². The Balaban J connectivity index is 1.51. The number of Topliss-reactive ketones (excluding diaryl/α,β-unsaturated/α-hetero) is 1. The number of ketones is 1. The van der Waals surface area contributed by atoms with Crippen molar-refractivity contribution in [1.29, 1.82) is 0 Å². The van der Waals surface area contributed by atoms with Gasteiger partial charge in [0.1, 0.15) is 17.1 Å². The van der Waals surface area contributed by atoms with E-state index in [0.29, 0.717) is 28.6 Å². The van der Waals surface area contributed by atoms with Gasteiger partial charge >= 0.3 is 17.8 Å². The van der Waals surface area contributed by atoms with E-state index in [1.807, 2.05) is 52.0 Å². The summed E-state index contributed by atoms with van der Waals surface area (Å²) in [7, 11) is 1.23. The van der Waals surface area contributed by atoms with Crippen LogP contribution in [0.2, 0.25) is 0 Å². The number of aryl methyl sites for hydroxylation is 4. The maximum absolute atomic E-state index is 13.3.